The number of carbonyl (C=O) groups excluding carboxylic acids is 2. The van der Waals surface area contributed by atoms with Crippen LogP contribution in [0.4, 0.5) is 5.69 Å². The molecule has 0 unspecified atom stereocenters. The molecular formula is C16H14ClN3O4. The van der Waals surface area contributed by atoms with E-state index in [-0.39, 0.29) is 23.6 Å². The lowest BCUT2D eigenvalue weighted by molar-refractivity contribution is -0.136. The van der Waals surface area contributed by atoms with Crippen LogP contribution >= 0.6 is 11.6 Å². The Morgan fingerprint density at radius 2 is 2.08 bits per heavy atom. The largest absolute Gasteiger partial charge is 0.464 e. The zero-order chi connectivity index (χ0) is 17.7. The molecule has 0 spiro atoms. The van der Waals surface area contributed by atoms with Gasteiger partial charge in [0.25, 0.3) is 0 Å². The molecule has 0 aliphatic heterocycles. The maximum atomic E-state index is 11.9. The molecule has 0 saturated heterocycles. The second kappa shape index (κ2) is 7.64. The minimum atomic E-state index is -1.07. The first-order valence-corrected chi connectivity index (χ1v) is 7.31. The molecular weight excluding hydrogens is 334 g/mol. The third kappa shape index (κ3) is 4.35. The molecule has 1 aromatic carbocycles. The number of halogens is 1. The molecule has 0 bridgehead atoms. The lowest BCUT2D eigenvalue weighted by atomic mass is 10.2. The zero-order valence-electron chi connectivity index (χ0n) is 12.7. The Morgan fingerprint density at radius 3 is 2.71 bits per heavy atom. The smallest absolute Gasteiger partial charge is 0.313 e. The van der Waals surface area contributed by atoms with Gasteiger partial charge in [0, 0.05) is 5.02 Å². The normalized spacial score (nSPS) is 11.4. The first kappa shape index (κ1) is 17.5. The highest BCUT2D eigenvalue weighted by Crippen LogP contribution is 2.20. The van der Waals surface area contributed by atoms with E-state index < -0.39 is 17.9 Å². The summed E-state index contributed by atoms with van der Waals surface area (Å²) in [6.07, 6.45) is -1.07. The van der Waals surface area contributed by atoms with Gasteiger partial charge in [-0.1, -0.05) is 11.6 Å². The first-order valence-electron chi connectivity index (χ1n) is 6.94. The topological polar surface area (TPSA) is 115 Å². The van der Waals surface area contributed by atoms with Crippen molar-refractivity contribution in [2.24, 2.45) is 0 Å². The van der Waals surface area contributed by atoms with Gasteiger partial charge in [-0.3, -0.25) is 9.59 Å². The molecule has 0 aliphatic carbocycles. The fraction of sp³-hybridized carbons (Fsp3) is 0.188. The van der Waals surface area contributed by atoms with Crippen molar-refractivity contribution < 1.29 is 19.1 Å². The molecule has 24 heavy (non-hydrogen) atoms. The summed E-state index contributed by atoms with van der Waals surface area (Å²) in [4.78, 5) is 23.7. The number of furan rings is 1. The van der Waals surface area contributed by atoms with Crippen LogP contribution in [-0.4, -0.2) is 23.5 Å². The van der Waals surface area contributed by atoms with Crippen molar-refractivity contribution in [2.45, 2.75) is 13.0 Å². The lowest BCUT2D eigenvalue weighted by Crippen LogP contribution is -2.37. The molecule has 2 aromatic rings. The second-order valence-corrected chi connectivity index (χ2v) is 5.37. The highest BCUT2D eigenvalue weighted by Gasteiger charge is 2.18. The quantitative estimate of drug-likeness (QED) is 0.730. The molecule has 1 aromatic heterocycles. The lowest BCUT2D eigenvalue weighted by Gasteiger charge is -2.10. The number of carbonyl (C=O) groups is 2. The minimum Gasteiger partial charge on any atom is -0.464 e. The average molecular weight is 348 g/mol. The van der Waals surface area contributed by atoms with Crippen LogP contribution in [0.2, 0.25) is 5.02 Å². The summed E-state index contributed by atoms with van der Waals surface area (Å²) in [6.45, 7) is 1.53. The predicted octanol–water partition coefficient (Wildman–Crippen LogP) is 1.90. The molecule has 0 radical (unpaired) electrons. The molecule has 7 nitrogen and oxygen atoms in total. The van der Waals surface area contributed by atoms with Crippen molar-refractivity contribution in [1.82, 2.24) is 5.32 Å². The van der Waals surface area contributed by atoms with Gasteiger partial charge in [0.15, 0.2) is 0 Å². The molecule has 2 rings (SSSR count). The number of rotatable bonds is 4. The number of nitrogens with zero attached hydrogens (tertiary/aromatic N) is 1. The molecule has 1 atom stereocenters. The third-order valence-corrected chi connectivity index (χ3v) is 3.34. The highest BCUT2D eigenvalue weighted by molar-refractivity contribution is 6.40. The SMILES string of the molecule is Cc1ccc([C@H](O)CNC(=O)C(=O)Nc2cc(Cl)ccc2C#N)o1. The van der Waals surface area contributed by atoms with Crippen LogP contribution in [0, 0.1) is 18.3 Å². The molecule has 0 saturated carbocycles. The highest BCUT2D eigenvalue weighted by atomic mass is 35.5. The van der Waals surface area contributed by atoms with Crippen molar-refractivity contribution in [1.29, 1.82) is 5.26 Å². The molecule has 1 heterocycles. The Morgan fingerprint density at radius 1 is 1.33 bits per heavy atom. The van der Waals surface area contributed by atoms with E-state index in [9.17, 15) is 14.7 Å². The average Bonchev–Trinajstić information content (AvgIpc) is 2.99. The Kier molecular flexibility index (Phi) is 5.58. The van der Waals surface area contributed by atoms with Crippen LogP contribution in [-0.2, 0) is 9.59 Å². The predicted molar refractivity (Wildman–Crippen MR) is 86.2 cm³/mol. The zero-order valence-corrected chi connectivity index (χ0v) is 13.4. The van der Waals surface area contributed by atoms with E-state index in [1.165, 1.54) is 18.2 Å². The van der Waals surface area contributed by atoms with Gasteiger partial charge in [-0.15, -0.1) is 0 Å². The summed E-state index contributed by atoms with van der Waals surface area (Å²) in [5.41, 5.74) is 0.305. The number of amides is 2. The van der Waals surface area contributed by atoms with Gasteiger partial charge in [-0.05, 0) is 37.3 Å². The number of aryl methyl sites for hydroxylation is 1. The molecule has 8 heteroatoms. The Hall–Kier alpha value is -2.82. The standard InChI is InChI=1S/C16H14ClN3O4/c1-9-2-5-14(24-9)13(21)8-19-15(22)16(23)20-12-6-11(17)4-3-10(12)7-18/h2-6,13,21H,8H2,1H3,(H,19,22)(H,20,23)/t13-/m1/s1. The van der Waals surface area contributed by atoms with E-state index in [4.69, 9.17) is 21.3 Å². The Balaban J connectivity index is 1.94. The Bertz CT molecular complexity index is 810. The fourth-order valence-electron chi connectivity index (χ4n) is 1.90. The molecule has 124 valence electrons. The molecule has 2 amide bonds. The summed E-state index contributed by atoms with van der Waals surface area (Å²) < 4.78 is 5.22. The molecule has 0 fully saturated rings. The van der Waals surface area contributed by atoms with E-state index in [1.54, 1.807) is 19.1 Å². The van der Waals surface area contributed by atoms with Crippen LogP contribution < -0.4 is 10.6 Å². The van der Waals surface area contributed by atoms with Gasteiger partial charge in [-0.2, -0.15) is 5.26 Å². The van der Waals surface area contributed by atoms with E-state index in [0.717, 1.165) is 0 Å². The Labute approximate surface area is 142 Å². The second-order valence-electron chi connectivity index (χ2n) is 4.93. The van der Waals surface area contributed by atoms with E-state index in [2.05, 4.69) is 10.6 Å². The van der Waals surface area contributed by atoms with Crippen molar-refractivity contribution in [2.75, 3.05) is 11.9 Å². The van der Waals surface area contributed by atoms with E-state index in [1.807, 2.05) is 6.07 Å². The molecule has 0 aliphatic rings. The summed E-state index contributed by atoms with van der Waals surface area (Å²) in [5.74, 6) is -1.02. The van der Waals surface area contributed by atoms with Crippen molar-refractivity contribution in [3.63, 3.8) is 0 Å². The van der Waals surface area contributed by atoms with Crippen LogP contribution in [0.25, 0.3) is 0 Å². The summed E-state index contributed by atoms with van der Waals surface area (Å²) in [6, 6.07) is 9.43. The minimum absolute atomic E-state index is 0.132. The van der Waals surface area contributed by atoms with Crippen LogP contribution in [0.1, 0.15) is 23.2 Å². The summed E-state index contributed by atoms with van der Waals surface area (Å²) >= 11 is 5.80. The van der Waals surface area contributed by atoms with E-state index >= 15 is 0 Å². The van der Waals surface area contributed by atoms with Gasteiger partial charge in [0.05, 0.1) is 17.8 Å². The summed E-state index contributed by atoms with van der Waals surface area (Å²) in [5, 5.41) is 23.8. The number of hydrogen-bond acceptors (Lipinski definition) is 5. The first-order chi connectivity index (χ1) is 11.4. The van der Waals surface area contributed by atoms with Crippen molar-refractivity contribution >= 4 is 29.1 Å². The number of anilines is 1. The number of nitriles is 1. The number of aliphatic hydroxyl groups is 1. The number of hydrogen-bond donors (Lipinski definition) is 3. The van der Waals surface area contributed by atoms with Crippen molar-refractivity contribution in [3.05, 3.63) is 52.4 Å². The van der Waals surface area contributed by atoms with Gasteiger partial charge in [0.1, 0.15) is 23.7 Å². The monoisotopic (exact) mass is 347 g/mol. The van der Waals surface area contributed by atoms with Gasteiger partial charge in [0.2, 0.25) is 0 Å². The molecule has 3 N–H and O–H groups in total. The maximum Gasteiger partial charge on any atom is 0.313 e. The van der Waals surface area contributed by atoms with Gasteiger partial charge < -0.3 is 20.2 Å². The maximum absolute atomic E-state index is 11.9. The third-order valence-electron chi connectivity index (χ3n) is 3.10. The van der Waals surface area contributed by atoms with Crippen LogP contribution in [0.5, 0.6) is 0 Å². The number of benzene rings is 1. The van der Waals surface area contributed by atoms with Gasteiger partial charge >= 0.3 is 11.8 Å². The van der Waals surface area contributed by atoms with Gasteiger partial charge in [-0.25, -0.2) is 0 Å². The summed E-state index contributed by atoms with van der Waals surface area (Å²) in [7, 11) is 0. The number of nitrogens with one attached hydrogen (secondary N) is 2. The van der Waals surface area contributed by atoms with E-state index in [0.29, 0.717) is 10.8 Å². The van der Waals surface area contributed by atoms with Crippen LogP contribution in [0.15, 0.2) is 34.7 Å². The van der Waals surface area contributed by atoms with Crippen molar-refractivity contribution in [3.8, 4) is 6.07 Å². The fourth-order valence-corrected chi connectivity index (χ4v) is 2.07. The van der Waals surface area contributed by atoms with Crippen LogP contribution in [0.3, 0.4) is 0 Å². The number of aliphatic hydroxyl groups excluding tert-OH is 1.